The molecule has 0 radical (unpaired) electrons. The van der Waals surface area contributed by atoms with Gasteiger partial charge < -0.3 is 9.47 Å². The van der Waals surface area contributed by atoms with E-state index in [2.05, 4.69) is 45.9 Å². The average Bonchev–Trinajstić information content (AvgIpc) is 2.32. The fourth-order valence-electron chi connectivity index (χ4n) is 2.78. The zero-order chi connectivity index (χ0) is 13.4. The SMILES string of the molecule is COCOc1ccc2c(c1)C(C)(C)CCC2(C)C. The minimum Gasteiger partial charge on any atom is -0.468 e. The average molecular weight is 248 g/mol. The Balaban J connectivity index is 2.42. The van der Waals surface area contributed by atoms with E-state index in [4.69, 9.17) is 9.47 Å². The molecule has 0 atom stereocenters. The smallest absolute Gasteiger partial charge is 0.188 e. The summed E-state index contributed by atoms with van der Waals surface area (Å²) in [5.41, 5.74) is 3.39. The van der Waals surface area contributed by atoms with E-state index in [1.54, 1.807) is 7.11 Å². The van der Waals surface area contributed by atoms with E-state index < -0.39 is 0 Å². The molecule has 1 aliphatic rings. The van der Waals surface area contributed by atoms with Crippen LogP contribution in [0.5, 0.6) is 5.75 Å². The number of methoxy groups -OCH3 is 1. The first-order valence-electron chi connectivity index (χ1n) is 6.63. The molecule has 2 heteroatoms. The van der Waals surface area contributed by atoms with Crippen molar-refractivity contribution in [2.75, 3.05) is 13.9 Å². The Labute approximate surface area is 110 Å². The van der Waals surface area contributed by atoms with Crippen LogP contribution in [0.15, 0.2) is 18.2 Å². The molecular weight excluding hydrogens is 224 g/mol. The summed E-state index contributed by atoms with van der Waals surface area (Å²) in [5.74, 6) is 0.904. The summed E-state index contributed by atoms with van der Waals surface area (Å²) < 4.78 is 10.5. The van der Waals surface area contributed by atoms with Crippen LogP contribution in [0.25, 0.3) is 0 Å². The minimum absolute atomic E-state index is 0.233. The molecule has 0 heterocycles. The largest absolute Gasteiger partial charge is 0.468 e. The lowest BCUT2D eigenvalue weighted by Crippen LogP contribution is -2.33. The van der Waals surface area contributed by atoms with Gasteiger partial charge in [0.05, 0.1) is 0 Å². The summed E-state index contributed by atoms with van der Waals surface area (Å²) >= 11 is 0. The highest BCUT2D eigenvalue weighted by Crippen LogP contribution is 2.46. The van der Waals surface area contributed by atoms with Crippen LogP contribution in [0, 0.1) is 0 Å². The minimum atomic E-state index is 0.233. The van der Waals surface area contributed by atoms with E-state index in [1.165, 1.54) is 24.0 Å². The molecule has 100 valence electrons. The first kappa shape index (κ1) is 13.4. The number of hydrogen-bond acceptors (Lipinski definition) is 2. The van der Waals surface area contributed by atoms with Gasteiger partial charge in [-0.3, -0.25) is 0 Å². The molecule has 0 saturated heterocycles. The highest BCUT2D eigenvalue weighted by atomic mass is 16.7. The Morgan fingerprint density at radius 2 is 1.61 bits per heavy atom. The van der Waals surface area contributed by atoms with E-state index in [-0.39, 0.29) is 10.8 Å². The predicted octanol–water partition coefficient (Wildman–Crippen LogP) is 4.02. The Morgan fingerprint density at radius 1 is 1.00 bits per heavy atom. The van der Waals surface area contributed by atoms with E-state index in [0.29, 0.717) is 6.79 Å². The summed E-state index contributed by atoms with van der Waals surface area (Å²) in [6.45, 7) is 9.61. The Morgan fingerprint density at radius 3 is 2.22 bits per heavy atom. The van der Waals surface area contributed by atoms with E-state index >= 15 is 0 Å². The fourth-order valence-corrected chi connectivity index (χ4v) is 2.78. The Kier molecular flexibility index (Phi) is 3.41. The van der Waals surface area contributed by atoms with E-state index in [9.17, 15) is 0 Å². The Hall–Kier alpha value is -1.02. The molecule has 0 aromatic heterocycles. The molecule has 2 rings (SSSR count). The molecule has 0 bridgehead atoms. The molecular formula is C16H24O2. The van der Waals surface area contributed by atoms with Crippen molar-refractivity contribution in [1.82, 2.24) is 0 Å². The fraction of sp³-hybridized carbons (Fsp3) is 0.625. The van der Waals surface area contributed by atoms with Gasteiger partial charge in [0.25, 0.3) is 0 Å². The molecule has 1 aromatic carbocycles. The number of benzene rings is 1. The summed E-state index contributed by atoms with van der Waals surface area (Å²) in [7, 11) is 1.64. The third-order valence-corrected chi connectivity index (χ3v) is 4.17. The van der Waals surface area contributed by atoms with Crippen LogP contribution in [0.4, 0.5) is 0 Å². The first-order valence-corrected chi connectivity index (χ1v) is 6.63. The zero-order valence-electron chi connectivity index (χ0n) is 12.2. The predicted molar refractivity (Wildman–Crippen MR) is 74.2 cm³/mol. The van der Waals surface area contributed by atoms with Crippen molar-refractivity contribution in [3.8, 4) is 5.75 Å². The lowest BCUT2D eigenvalue weighted by molar-refractivity contribution is 0.0509. The van der Waals surface area contributed by atoms with E-state index in [0.717, 1.165) is 5.75 Å². The van der Waals surface area contributed by atoms with Gasteiger partial charge in [-0.05, 0) is 46.9 Å². The zero-order valence-corrected chi connectivity index (χ0v) is 12.2. The van der Waals surface area contributed by atoms with Crippen molar-refractivity contribution in [3.05, 3.63) is 29.3 Å². The molecule has 2 nitrogen and oxygen atoms in total. The van der Waals surface area contributed by atoms with Crippen LogP contribution >= 0.6 is 0 Å². The molecule has 0 aliphatic heterocycles. The molecule has 0 fully saturated rings. The van der Waals surface area contributed by atoms with Crippen LogP contribution in [0.2, 0.25) is 0 Å². The van der Waals surface area contributed by atoms with Crippen LogP contribution < -0.4 is 4.74 Å². The van der Waals surface area contributed by atoms with Gasteiger partial charge in [-0.2, -0.15) is 0 Å². The monoisotopic (exact) mass is 248 g/mol. The maximum absolute atomic E-state index is 5.56. The van der Waals surface area contributed by atoms with Gasteiger partial charge in [0, 0.05) is 7.11 Å². The second kappa shape index (κ2) is 4.58. The number of fused-ring (bicyclic) bond motifs is 1. The van der Waals surface area contributed by atoms with Crippen molar-refractivity contribution in [1.29, 1.82) is 0 Å². The molecule has 0 unspecified atom stereocenters. The van der Waals surface area contributed by atoms with Crippen molar-refractivity contribution in [2.24, 2.45) is 0 Å². The van der Waals surface area contributed by atoms with Gasteiger partial charge in [0.1, 0.15) is 5.75 Å². The van der Waals surface area contributed by atoms with Gasteiger partial charge in [0.2, 0.25) is 0 Å². The normalized spacial score (nSPS) is 20.3. The van der Waals surface area contributed by atoms with Gasteiger partial charge >= 0.3 is 0 Å². The maximum atomic E-state index is 5.56. The standard InChI is InChI=1S/C16H24O2/c1-15(2)8-9-16(3,4)14-10-12(18-11-17-5)6-7-13(14)15/h6-7,10H,8-9,11H2,1-5H3. The number of hydrogen-bond donors (Lipinski definition) is 0. The molecule has 0 amide bonds. The second-order valence-corrected chi connectivity index (χ2v) is 6.53. The van der Waals surface area contributed by atoms with Crippen LogP contribution in [0.3, 0.4) is 0 Å². The van der Waals surface area contributed by atoms with Crippen LogP contribution in [-0.2, 0) is 15.6 Å². The number of rotatable bonds is 3. The maximum Gasteiger partial charge on any atom is 0.188 e. The van der Waals surface area contributed by atoms with Gasteiger partial charge in [0.15, 0.2) is 6.79 Å². The van der Waals surface area contributed by atoms with Gasteiger partial charge in [-0.15, -0.1) is 0 Å². The topological polar surface area (TPSA) is 18.5 Å². The third-order valence-electron chi connectivity index (χ3n) is 4.17. The summed E-state index contributed by atoms with van der Waals surface area (Å²) in [4.78, 5) is 0. The molecule has 1 aliphatic carbocycles. The molecule has 0 saturated carbocycles. The quantitative estimate of drug-likeness (QED) is 0.752. The van der Waals surface area contributed by atoms with Gasteiger partial charge in [-0.1, -0.05) is 33.8 Å². The van der Waals surface area contributed by atoms with Crippen molar-refractivity contribution < 1.29 is 9.47 Å². The van der Waals surface area contributed by atoms with Crippen LogP contribution in [-0.4, -0.2) is 13.9 Å². The Bertz CT molecular complexity index is 433. The van der Waals surface area contributed by atoms with Crippen molar-refractivity contribution in [2.45, 2.75) is 51.4 Å². The highest BCUT2D eigenvalue weighted by Gasteiger charge is 2.37. The van der Waals surface area contributed by atoms with Gasteiger partial charge in [-0.25, -0.2) is 0 Å². The molecule has 0 spiro atoms. The van der Waals surface area contributed by atoms with E-state index in [1.807, 2.05) is 0 Å². The summed E-state index contributed by atoms with van der Waals surface area (Å²) in [6.07, 6.45) is 2.46. The molecule has 0 N–H and O–H groups in total. The lowest BCUT2D eigenvalue weighted by Gasteiger charge is -2.41. The summed E-state index contributed by atoms with van der Waals surface area (Å²) in [6, 6.07) is 6.47. The van der Waals surface area contributed by atoms with Crippen molar-refractivity contribution in [3.63, 3.8) is 0 Å². The van der Waals surface area contributed by atoms with Crippen molar-refractivity contribution >= 4 is 0 Å². The highest BCUT2D eigenvalue weighted by molar-refractivity contribution is 5.45. The van der Waals surface area contributed by atoms with Crippen LogP contribution in [0.1, 0.15) is 51.7 Å². The molecule has 18 heavy (non-hydrogen) atoms. The lowest BCUT2D eigenvalue weighted by atomic mass is 9.63. The molecule has 1 aromatic rings. The number of ether oxygens (including phenoxy) is 2. The summed E-state index contributed by atoms with van der Waals surface area (Å²) in [5, 5.41) is 0. The first-order chi connectivity index (χ1) is 8.37. The third kappa shape index (κ3) is 2.39. The second-order valence-electron chi connectivity index (χ2n) is 6.53.